The van der Waals surface area contributed by atoms with Gasteiger partial charge < -0.3 is 0 Å². The summed E-state index contributed by atoms with van der Waals surface area (Å²) in [5.74, 6) is -0.677. The van der Waals surface area contributed by atoms with Gasteiger partial charge >= 0.3 is 0 Å². The number of carbonyl (C=O) groups excluding carboxylic acids is 1. The van der Waals surface area contributed by atoms with E-state index >= 15 is 0 Å². The van der Waals surface area contributed by atoms with Crippen LogP contribution in [0, 0.1) is 12.7 Å². The highest BCUT2D eigenvalue weighted by molar-refractivity contribution is 6.30. The van der Waals surface area contributed by atoms with Gasteiger partial charge in [0.1, 0.15) is 11.5 Å². The lowest BCUT2D eigenvalue weighted by Gasteiger charge is -2.03. The molecule has 0 spiro atoms. The van der Waals surface area contributed by atoms with Gasteiger partial charge in [-0.2, -0.15) is 0 Å². The predicted octanol–water partition coefficient (Wildman–Crippen LogP) is 3.61. The fraction of sp³-hybridized carbons (Fsp3) is 0.143. The first-order valence-corrected chi connectivity index (χ1v) is 5.84. The van der Waals surface area contributed by atoms with E-state index in [0.29, 0.717) is 16.3 Å². The quantitative estimate of drug-likeness (QED) is 0.792. The first-order valence-electron chi connectivity index (χ1n) is 5.46. The number of pyridine rings is 1. The van der Waals surface area contributed by atoms with E-state index in [4.69, 9.17) is 11.6 Å². The molecule has 92 valence electrons. The monoisotopic (exact) mass is 263 g/mol. The second-order valence-corrected chi connectivity index (χ2v) is 4.49. The fourth-order valence-electron chi connectivity index (χ4n) is 1.62. The summed E-state index contributed by atoms with van der Waals surface area (Å²) in [4.78, 5) is 15.9. The maximum absolute atomic E-state index is 13.5. The van der Waals surface area contributed by atoms with E-state index in [2.05, 4.69) is 4.98 Å². The molecule has 0 aliphatic rings. The molecule has 0 amide bonds. The summed E-state index contributed by atoms with van der Waals surface area (Å²) in [6.45, 7) is 1.88. The highest BCUT2D eigenvalue weighted by atomic mass is 35.5. The van der Waals surface area contributed by atoms with Gasteiger partial charge in [-0.25, -0.2) is 4.39 Å². The average Bonchev–Trinajstić information content (AvgIpc) is 2.32. The van der Waals surface area contributed by atoms with Crippen LogP contribution >= 0.6 is 11.6 Å². The number of hydrogen-bond donors (Lipinski definition) is 0. The van der Waals surface area contributed by atoms with E-state index in [9.17, 15) is 9.18 Å². The first-order chi connectivity index (χ1) is 8.56. The van der Waals surface area contributed by atoms with Gasteiger partial charge in [0.05, 0.1) is 0 Å². The maximum atomic E-state index is 13.5. The Morgan fingerprint density at radius 2 is 2.11 bits per heavy atom. The van der Waals surface area contributed by atoms with Crippen molar-refractivity contribution >= 4 is 17.4 Å². The summed E-state index contributed by atoms with van der Waals surface area (Å²) < 4.78 is 13.5. The van der Waals surface area contributed by atoms with E-state index in [1.807, 2.05) is 6.92 Å². The Morgan fingerprint density at radius 1 is 1.33 bits per heavy atom. The van der Waals surface area contributed by atoms with Crippen LogP contribution in [0.1, 0.15) is 21.6 Å². The van der Waals surface area contributed by atoms with Crippen LogP contribution in [0.2, 0.25) is 5.02 Å². The van der Waals surface area contributed by atoms with Crippen LogP contribution in [0.5, 0.6) is 0 Å². The van der Waals surface area contributed by atoms with Crippen LogP contribution in [0.25, 0.3) is 0 Å². The lowest BCUT2D eigenvalue weighted by atomic mass is 10.1. The lowest BCUT2D eigenvalue weighted by molar-refractivity contribution is 0.0987. The molecule has 0 saturated heterocycles. The smallest absolute Gasteiger partial charge is 0.185 e. The number of nitrogens with zero attached hydrogens (tertiary/aromatic N) is 1. The Balaban J connectivity index is 2.21. The second kappa shape index (κ2) is 5.27. The van der Waals surface area contributed by atoms with Gasteiger partial charge in [0.2, 0.25) is 0 Å². The third-order valence-corrected chi connectivity index (χ3v) is 2.80. The molecule has 2 nitrogen and oxygen atoms in total. The van der Waals surface area contributed by atoms with Crippen LogP contribution in [0.3, 0.4) is 0 Å². The molecule has 2 rings (SSSR count). The number of hydrogen-bond acceptors (Lipinski definition) is 2. The summed E-state index contributed by atoms with van der Waals surface area (Å²) in [6, 6.07) is 7.78. The second-order valence-electron chi connectivity index (χ2n) is 4.05. The number of aryl methyl sites for hydroxylation is 1. The Labute approximate surface area is 109 Å². The topological polar surface area (TPSA) is 30.0 Å². The number of halogens is 2. The standard InChI is InChI=1S/C14H11ClFNO/c1-9-4-5-17-13(6-9)14(18)7-10-2-3-11(15)8-12(10)16/h2-6,8H,7H2,1H3. The molecule has 0 aliphatic heterocycles. The molecule has 0 radical (unpaired) electrons. The van der Waals surface area contributed by atoms with E-state index < -0.39 is 5.82 Å². The Hall–Kier alpha value is -1.74. The molecule has 1 heterocycles. The van der Waals surface area contributed by atoms with Crippen molar-refractivity contribution in [1.29, 1.82) is 0 Å². The molecular weight excluding hydrogens is 253 g/mol. The van der Waals surface area contributed by atoms with Crippen molar-refractivity contribution in [3.05, 3.63) is 64.2 Å². The van der Waals surface area contributed by atoms with E-state index in [1.165, 1.54) is 12.1 Å². The van der Waals surface area contributed by atoms with Crippen LogP contribution in [0.15, 0.2) is 36.5 Å². The van der Waals surface area contributed by atoms with E-state index in [-0.39, 0.29) is 12.2 Å². The molecule has 2 aromatic rings. The minimum atomic E-state index is -0.469. The summed E-state index contributed by atoms with van der Waals surface area (Å²) in [5.41, 5.74) is 1.63. The van der Waals surface area contributed by atoms with Crippen molar-refractivity contribution in [2.24, 2.45) is 0 Å². The van der Waals surface area contributed by atoms with Crippen LogP contribution in [0.4, 0.5) is 4.39 Å². The van der Waals surface area contributed by atoms with Crippen molar-refractivity contribution in [2.75, 3.05) is 0 Å². The van der Waals surface area contributed by atoms with E-state index in [1.54, 1.807) is 24.4 Å². The normalized spacial score (nSPS) is 10.4. The van der Waals surface area contributed by atoms with Crippen molar-refractivity contribution in [2.45, 2.75) is 13.3 Å². The van der Waals surface area contributed by atoms with E-state index in [0.717, 1.165) is 5.56 Å². The van der Waals surface area contributed by atoms with Gasteiger partial charge in [-0.05, 0) is 42.3 Å². The first kappa shape index (κ1) is 12.7. The largest absolute Gasteiger partial charge is 0.292 e. The highest BCUT2D eigenvalue weighted by Gasteiger charge is 2.12. The minimum absolute atomic E-state index is 0.0144. The molecule has 0 atom stereocenters. The summed E-state index contributed by atoms with van der Waals surface area (Å²) in [5, 5.41) is 0.317. The molecule has 0 N–H and O–H groups in total. The predicted molar refractivity (Wildman–Crippen MR) is 68.4 cm³/mol. The van der Waals surface area contributed by atoms with Crippen LogP contribution in [-0.2, 0) is 6.42 Å². The Morgan fingerprint density at radius 3 is 2.78 bits per heavy atom. The highest BCUT2D eigenvalue weighted by Crippen LogP contribution is 2.16. The number of benzene rings is 1. The zero-order chi connectivity index (χ0) is 13.1. The molecule has 1 aromatic carbocycles. The Kier molecular flexibility index (Phi) is 3.72. The number of Topliss-reactive ketones (excluding diaryl/α,β-unsaturated/α-hetero) is 1. The maximum Gasteiger partial charge on any atom is 0.185 e. The molecule has 0 bridgehead atoms. The third kappa shape index (κ3) is 2.93. The summed E-state index contributed by atoms with van der Waals surface area (Å²) in [7, 11) is 0. The van der Waals surface area contributed by atoms with Crippen LogP contribution in [-0.4, -0.2) is 10.8 Å². The molecule has 4 heteroatoms. The van der Waals surface area contributed by atoms with Crippen molar-refractivity contribution in [1.82, 2.24) is 4.98 Å². The SMILES string of the molecule is Cc1ccnc(C(=O)Cc2ccc(Cl)cc2F)c1. The van der Waals surface area contributed by atoms with Gasteiger partial charge in [-0.15, -0.1) is 0 Å². The van der Waals surface area contributed by atoms with Gasteiger partial charge in [-0.1, -0.05) is 17.7 Å². The number of aromatic nitrogens is 1. The molecule has 1 aromatic heterocycles. The zero-order valence-corrected chi connectivity index (χ0v) is 10.5. The summed E-state index contributed by atoms with van der Waals surface area (Å²) in [6.07, 6.45) is 1.56. The number of ketones is 1. The lowest BCUT2D eigenvalue weighted by Crippen LogP contribution is -2.07. The molecule has 18 heavy (non-hydrogen) atoms. The molecular formula is C14H11ClFNO. The van der Waals surface area contributed by atoms with Gasteiger partial charge in [0.15, 0.2) is 5.78 Å². The summed E-state index contributed by atoms with van der Waals surface area (Å²) >= 11 is 5.65. The number of rotatable bonds is 3. The number of carbonyl (C=O) groups is 1. The van der Waals surface area contributed by atoms with Crippen molar-refractivity contribution in [3.8, 4) is 0 Å². The van der Waals surface area contributed by atoms with Crippen molar-refractivity contribution < 1.29 is 9.18 Å². The zero-order valence-electron chi connectivity index (χ0n) is 9.78. The van der Waals surface area contributed by atoms with Gasteiger partial charge in [0, 0.05) is 17.6 Å². The van der Waals surface area contributed by atoms with Crippen molar-refractivity contribution in [3.63, 3.8) is 0 Å². The molecule has 0 unspecified atom stereocenters. The molecule has 0 saturated carbocycles. The molecule has 0 aliphatic carbocycles. The van der Waals surface area contributed by atoms with Gasteiger partial charge in [0.25, 0.3) is 0 Å². The molecule has 0 fully saturated rings. The average molecular weight is 264 g/mol. The fourth-order valence-corrected chi connectivity index (χ4v) is 1.78. The van der Waals surface area contributed by atoms with Crippen LogP contribution < -0.4 is 0 Å². The third-order valence-electron chi connectivity index (χ3n) is 2.57. The van der Waals surface area contributed by atoms with Gasteiger partial charge in [-0.3, -0.25) is 9.78 Å². The Bertz CT molecular complexity index is 598. The minimum Gasteiger partial charge on any atom is -0.292 e.